The highest BCUT2D eigenvalue weighted by Crippen LogP contribution is 2.24. The van der Waals surface area contributed by atoms with Gasteiger partial charge >= 0.3 is 0 Å². The molecule has 1 amide bonds. The van der Waals surface area contributed by atoms with Crippen LogP contribution in [0.4, 0.5) is 23.3 Å². The molecule has 0 fully saturated rings. The minimum Gasteiger partial charge on any atom is -0.483 e. The van der Waals surface area contributed by atoms with E-state index in [1.165, 1.54) is 6.92 Å². The summed E-state index contributed by atoms with van der Waals surface area (Å²) in [5.41, 5.74) is 7.17. The second-order valence-electron chi connectivity index (χ2n) is 5.39. The number of carbonyl (C=O) groups excluding carboxylic acids is 1. The molecule has 2 aromatic carbocycles. The molecular formula is C18H18N6O2. The molecular weight excluding hydrogens is 332 g/mol. The topological polar surface area (TPSA) is 115 Å². The first kappa shape index (κ1) is 17.2. The number of hydrogen-bond donors (Lipinski definition) is 3. The van der Waals surface area contributed by atoms with Crippen molar-refractivity contribution in [2.75, 3.05) is 16.4 Å². The van der Waals surface area contributed by atoms with Gasteiger partial charge < -0.3 is 21.1 Å². The molecule has 0 aliphatic rings. The van der Waals surface area contributed by atoms with Crippen LogP contribution in [0.2, 0.25) is 0 Å². The molecule has 132 valence electrons. The van der Waals surface area contributed by atoms with Crippen molar-refractivity contribution in [2.24, 2.45) is 0 Å². The summed E-state index contributed by atoms with van der Waals surface area (Å²) in [5.74, 6) is 1.12. The highest BCUT2D eigenvalue weighted by atomic mass is 16.5. The van der Waals surface area contributed by atoms with Crippen molar-refractivity contribution in [1.29, 1.82) is 0 Å². The van der Waals surface area contributed by atoms with E-state index in [2.05, 4.69) is 25.6 Å². The second kappa shape index (κ2) is 7.93. The van der Waals surface area contributed by atoms with Gasteiger partial charge in [0.1, 0.15) is 12.4 Å². The number of anilines is 4. The lowest BCUT2D eigenvalue weighted by molar-refractivity contribution is -0.114. The van der Waals surface area contributed by atoms with Crippen molar-refractivity contribution in [3.05, 3.63) is 60.4 Å². The summed E-state index contributed by atoms with van der Waals surface area (Å²) < 4.78 is 5.73. The van der Waals surface area contributed by atoms with Crippen LogP contribution in [-0.2, 0) is 11.4 Å². The molecule has 0 unspecified atom stereocenters. The number of ether oxygens (including phenoxy) is 1. The number of para-hydroxylation sites is 3. The van der Waals surface area contributed by atoms with E-state index >= 15 is 0 Å². The van der Waals surface area contributed by atoms with Crippen LogP contribution in [0.25, 0.3) is 0 Å². The van der Waals surface area contributed by atoms with Gasteiger partial charge in [-0.25, -0.2) is 0 Å². The van der Waals surface area contributed by atoms with E-state index in [4.69, 9.17) is 10.5 Å². The van der Waals surface area contributed by atoms with Crippen LogP contribution >= 0.6 is 0 Å². The Morgan fingerprint density at radius 1 is 1.04 bits per heavy atom. The number of carbonyl (C=O) groups is 1. The third-order valence-corrected chi connectivity index (χ3v) is 3.28. The van der Waals surface area contributed by atoms with Crippen molar-refractivity contribution >= 4 is 29.2 Å². The summed E-state index contributed by atoms with van der Waals surface area (Å²) in [6.07, 6.45) is 0. The Kier molecular flexibility index (Phi) is 5.23. The van der Waals surface area contributed by atoms with Gasteiger partial charge in [0.05, 0.1) is 5.69 Å². The number of nitrogens with zero attached hydrogens (tertiary/aromatic N) is 3. The Bertz CT molecular complexity index is 901. The van der Waals surface area contributed by atoms with Crippen LogP contribution in [0.15, 0.2) is 54.6 Å². The van der Waals surface area contributed by atoms with Gasteiger partial charge in [0.2, 0.25) is 17.8 Å². The summed E-state index contributed by atoms with van der Waals surface area (Å²) in [6, 6.07) is 16.6. The Labute approximate surface area is 150 Å². The zero-order valence-electron chi connectivity index (χ0n) is 14.1. The van der Waals surface area contributed by atoms with E-state index in [1.54, 1.807) is 18.2 Å². The first-order valence-electron chi connectivity index (χ1n) is 7.92. The Morgan fingerprint density at radius 2 is 1.77 bits per heavy atom. The maximum absolute atomic E-state index is 11.3. The molecule has 8 nitrogen and oxygen atoms in total. The van der Waals surface area contributed by atoms with Gasteiger partial charge in [-0.2, -0.15) is 15.0 Å². The van der Waals surface area contributed by atoms with E-state index in [9.17, 15) is 4.79 Å². The SMILES string of the molecule is CC(=O)Nc1ccccc1OCc1nc(N)nc(Nc2ccccc2)n1. The lowest BCUT2D eigenvalue weighted by Gasteiger charge is -2.12. The highest BCUT2D eigenvalue weighted by molar-refractivity contribution is 5.90. The summed E-state index contributed by atoms with van der Waals surface area (Å²) >= 11 is 0. The molecule has 1 heterocycles. The first-order chi connectivity index (χ1) is 12.6. The Morgan fingerprint density at radius 3 is 2.54 bits per heavy atom. The summed E-state index contributed by atoms with van der Waals surface area (Å²) in [6.45, 7) is 1.51. The molecule has 0 bridgehead atoms. The lowest BCUT2D eigenvalue weighted by atomic mass is 10.3. The average Bonchev–Trinajstić information content (AvgIpc) is 2.61. The van der Waals surface area contributed by atoms with E-state index in [0.29, 0.717) is 23.2 Å². The molecule has 0 spiro atoms. The molecule has 1 aromatic heterocycles. The predicted octanol–water partition coefficient (Wildman–Crippen LogP) is 2.73. The highest BCUT2D eigenvalue weighted by Gasteiger charge is 2.09. The smallest absolute Gasteiger partial charge is 0.232 e. The standard InChI is InChI=1S/C18H18N6O2/c1-12(25)20-14-9-5-6-10-15(14)26-11-16-22-17(19)24-18(23-16)21-13-7-3-2-4-8-13/h2-10H,11H2,1H3,(H,20,25)(H3,19,21,22,23,24). The molecule has 0 saturated heterocycles. The number of aromatic nitrogens is 3. The third kappa shape index (κ3) is 4.67. The maximum Gasteiger partial charge on any atom is 0.232 e. The number of amides is 1. The van der Waals surface area contributed by atoms with Gasteiger partial charge in [0.15, 0.2) is 5.82 Å². The molecule has 3 aromatic rings. The molecule has 0 saturated carbocycles. The Hall–Kier alpha value is -3.68. The quantitative estimate of drug-likeness (QED) is 0.626. The van der Waals surface area contributed by atoms with E-state index in [-0.39, 0.29) is 18.5 Å². The van der Waals surface area contributed by atoms with E-state index in [1.807, 2.05) is 36.4 Å². The monoisotopic (exact) mass is 350 g/mol. The zero-order valence-corrected chi connectivity index (χ0v) is 14.1. The summed E-state index contributed by atoms with van der Waals surface area (Å²) in [5, 5.41) is 5.78. The minimum atomic E-state index is -0.181. The fourth-order valence-electron chi connectivity index (χ4n) is 2.24. The number of benzene rings is 2. The third-order valence-electron chi connectivity index (χ3n) is 3.28. The number of nitrogens with two attached hydrogens (primary N) is 1. The van der Waals surface area contributed by atoms with Crippen molar-refractivity contribution in [2.45, 2.75) is 13.5 Å². The normalized spacial score (nSPS) is 10.2. The van der Waals surface area contributed by atoms with Crippen molar-refractivity contribution < 1.29 is 9.53 Å². The van der Waals surface area contributed by atoms with Gasteiger partial charge in [0.25, 0.3) is 0 Å². The first-order valence-corrected chi connectivity index (χ1v) is 7.92. The van der Waals surface area contributed by atoms with Gasteiger partial charge in [-0.05, 0) is 24.3 Å². The fraction of sp³-hybridized carbons (Fsp3) is 0.111. The molecule has 0 atom stereocenters. The van der Waals surface area contributed by atoms with Gasteiger partial charge in [-0.15, -0.1) is 0 Å². The molecule has 0 aliphatic heterocycles. The summed E-state index contributed by atoms with van der Waals surface area (Å²) in [4.78, 5) is 23.7. The van der Waals surface area contributed by atoms with Crippen molar-refractivity contribution in [1.82, 2.24) is 15.0 Å². The van der Waals surface area contributed by atoms with Crippen molar-refractivity contribution in [3.63, 3.8) is 0 Å². The molecule has 3 rings (SSSR count). The summed E-state index contributed by atoms with van der Waals surface area (Å²) in [7, 11) is 0. The van der Waals surface area contributed by atoms with E-state index < -0.39 is 0 Å². The molecule has 26 heavy (non-hydrogen) atoms. The van der Waals surface area contributed by atoms with Crippen LogP contribution in [0.5, 0.6) is 5.75 Å². The predicted molar refractivity (Wildman–Crippen MR) is 99.0 cm³/mol. The lowest BCUT2D eigenvalue weighted by Crippen LogP contribution is -2.11. The molecule has 8 heteroatoms. The molecule has 4 N–H and O–H groups in total. The van der Waals surface area contributed by atoms with Crippen LogP contribution in [-0.4, -0.2) is 20.9 Å². The van der Waals surface area contributed by atoms with Crippen LogP contribution in [0.3, 0.4) is 0 Å². The fourth-order valence-corrected chi connectivity index (χ4v) is 2.24. The van der Waals surface area contributed by atoms with Gasteiger partial charge in [-0.1, -0.05) is 30.3 Å². The number of rotatable bonds is 6. The number of hydrogen-bond acceptors (Lipinski definition) is 7. The van der Waals surface area contributed by atoms with Crippen LogP contribution in [0.1, 0.15) is 12.7 Å². The maximum atomic E-state index is 11.3. The second-order valence-corrected chi connectivity index (χ2v) is 5.39. The van der Waals surface area contributed by atoms with Gasteiger partial charge in [-0.3, -0.25) is 4.79 Å². The minimum absolute atomic E-state index is 0.0762. The largest absolute Gasteiger partial charge is 0.483 e. The number of nitrogen functional groups attached to an aromatic ring is 1. The molecule has 0 aliphatic carbocycles. The zero-order chi connectivity index (χ0) is 18.4. The van der Waals surface area contributed by atoms with Gasteiger partial charge in [0, 0.05) is 12.6 Å². The Balaban J connectivity index is 1.73. The van der Waals surface area contributed by atoms with E-state index in [0.717, 1.165) is 5.69 Å². The number of nitrogens with one attached hydrogen (secondary N) is 2. The molecule has 0 radical (unpaired) electrons. The van der Waals surface area contributed by atoms with Crippen LogP contribution in [0, 0.1) is 0 Å². The van der Waals surface area contributed by atoms with Crippen LogP contribution < -0.4 is 21.1 Å². The average molecular weight is 350 g/mol. The van der Waals surface area contributed by atoms with Crippen molar-refractivity contribution in [3.8, 4) is 5.75 Å².